The maximum Gasteiger partial charge on any atom is 0.258 e. The molecule has 1 aromatic heterocycles. The maximum absolute atomic E-state index is 12.1. The number of amides is 2. The molecule has 1 saturated heterocycles. The maximum atomic E-state index is 12.1. The summed E-state index contributed by atoms with van der Waals surface area (Å²) in [5.41, 5.74) is 0.445. The van der Waals surface area contributed by atoms with Gasteiger partial charge in [0.25, 0.3) is 5.91 Å². The second-order valence-electron chi connectivity index (χ2n) is 6.02. The highest BCUT2D eigenvalue weighted by Crippen LogP contribution is 2.22. The van der Waals surface area contributed by atoms with Crippen LogP contribution in [0.5, 0.6) is 5.88 Å². The molecule has 1 atom stereocenters. The number of ether oxygens (including phenoxy) is 1. The van der Waals surface area contributed by atoms with Crippen molar-refractivity contribution in [2.24, 2.45) is 5.92 Å². The summed E-state index contributed by atoms with van der Waals surface area (Å²) in [6.45, 7) is 5.01. The van der Waals surface area contributed by atoms with Gasteiger partial charge in [-0.25, -0.2) is 4.98 Å². The highest BCUT2D eigenvalue weighted by atomic mass is 16.5. The fourth-order valence-corrected chi connectivity index (χ4v) is 2.44. The smallest absolute Gasteiger partial charge is 0.258 e. The molecule has 1 aliphatic heterocycles. The Bertz CT molecular complexity index is 557. The standard InChI is InChI=1S/C16H23N3O3/c1-11(2)15(20)19-9-7-12(10-19)22-14-13(6-5-8-17-14)16(21)18(3)4/h5-6,8,11-12H,7,9-10H2,1-4H3. The normalized spacial score (nSPS) is 17.7. The monoisotopic (exact) mass is 305 g/mol. The van der Waals surface area contributed by atoms with Gasteiger partial charge in [-0.2, -0.15) is 0 Å². The summed E-state index contributed by atoms with van der Waals surface area (Å²) in [5.74, 6) is 0.317. The van der Waals surface area contributed by atoms with E-state index in [0.29, 0.717) is 24.5 Å². The zero-order valence-electron chi connectivity index (χ0n) is 13.6. The second-order valence-corrected chi connectivity index (χ2v) is 6.02. The summed E-state index contributed by atoms with van der Waals surface area (Å²) in [6, 6.07) is 3.42. The van der Waals surface area contributed by atoms with Crippen molar-refractivity contribution in [1.82, 2.24) is 14.8 Å². The lowest BCUT2D eigenvalue weighted by molar-refractivity contribution is -0.133. The molecule has 0 saturated carbocycles. The average molecular weight is 305 g/mol. The van der Waals surface area contributed by atoms with Gasteiger partial charge in [-0.15, -0.1) is 0 Å². The van der Waals surface area contributed by atoms with Gasteiger partial charge in [0.15, 0.2) is 0 Å². The van der Waals surface area contributed by atoms with Crippen LogP contribution in [0.4, 0.5) is 0 Å². The van der Waals surface area contributed by atoms with Gasteiger partial charge in [-0.05, 0) is 12.1 Å². The molecule has 1 aromatic rings. The molecule has 120 valence electrons. The van der Waals surface area contributed by atoms with E-state index in [0.717, 1.165) is 6.42 Å². The van der Waals surface area contributed by atoms with Crippen molar-refractivity contribution in [3.8, 4) is 5.88 Å². The minimum atomic E-state index is -0.142. The Morgan fingerprint density at radius 2 is 2.14 bits per heavy atom. The number of hydrogen-bond donors (Lipinski definition) is 0. The number of carbonyl (C=O) groups excluding carboxylic acids is 2. The number of aromatic nitrogens is 1. The molecule has 2 amide bonds. The van der Waals surface area contributed by atoms with Gasteiger partial charge < -0.3 is 14.5 Å². The van der Waals surface area contributed by atoms with E-state index in [9.17, 15) is 9.59 Å². The Hall–Kier alpha value is -2.11. The number of hydrogen-bond acceptors (Lipinski definition) is 4. The third kappa shape index (κ3) is 3.55. The summed E-state index contributed by atoms with van der Waals surface area (Å²) in [5, 5.41) is 0. The SMILES string of the molecule is CC(C)C(=O)N1CCC(Oc2ncccc2C(=O)N(C)C)C1. The number of pyridine rings is 1. The summed E-state index contributed by atoms with van der Waals surface area (Å²) >= 11 is 0. The Kier molecular flexibility index (Phi) is 5.00. The third-order valence-electron chi connectivity index (χ3n) is 3.64. The molecule has 2 heterocycles. The predicted molar refractivity (Wildman–Crippen MR) is 82.7 cm³/mol. The number of nitrogens with zero attached hydrogens (tertiary/aromatic N) is 3. The first-order valence-electron chi connectivity index (χ1n) is 7.52. The summed E-state index contributed by atoms with van der Waals surface area (Å²) < 4.78 is 5.89. The van der Waals surface area contributed by atoms with Crippen LogP contribution < -0.4 is 4.74 Å². The van der Waals surface area contributed by atoms with Crippen LogP contribution in [0.15, 0.2) is 18.3 Å². The van der Waals surface area contributed by atoms with Crippen molar-refractivity contribution in [1.29, 1.82) is 0 Å². The van der Waals surface area contributed by atoms with Crippen LogP contribution >= 0.6 is 0 Å². The first-order chi connectivity index (χ1) is 10.4. The van der Waals surface area contributed by atoms with Crippen LogP contribution in [0.3, 0.4) is 0 Å². The van der Waals surface area contributed by atoms with Crippen LogP contribution in [0.2, 0.25) is 0 Å². The molecular formula is C16H23N3O3. The molecule has 6 nitrogen and oxygen atoms in total. The summed E-state index contributed by atoms with van der Waals surface area (Å²) in [7, 11) is 3.38. The minimum Gasteiger partial charge on any atom is -0.472 e. The molecule has 1 aliphatic rings. The number of carbonyl (C=O) groups is 2. The molecule has 2 rings (SSSR count). The van der Waals surface area contributed by atoms with Crippen LogP contribution in [0, 0.1) is 5.92 Å². The molecule has 0 spiro atoms. The highest BCUT2D eigenvalue weighted by molar-refractivity contribution is 5.96. The molecule has 1 fully saturated rings. The molecule has 1 unspecified atom stereocenters. The van der Waals surface area contributed by atoms with Crippen molar-refractivity contribution in [2.75, 3.05) is 27.2 Å². The van der Waals surface area contributed by atoms with Gasteiger partial charge in [0.05, 0.1) is 6.54 Å². The molecule has 0 bridgehead atoms. The van der Waals surface area contributed by atoms with Gasteiger partial charge in [0.1, 0.15) is 11.7 Å². The van der Waals surface area contributed by atoms with Gasteiger partial charge in [0, 0.05) is 39.2 Å². The summed E-state index contributed by atoms with van der Waals surface area (Å²) in [4.78, 5) is 31.6. The van der Waals surface area contributed by atoms with Crippen molar-refractivity contribution < 1.29 is 14.3 Å². The van der Waals surface area contributed by atoms with Gasteiger partial charge >= 0.3 is 0 Å². The van der Waals surface area contributed by atoms with E-state index in [4.69, 9.17) is 4.74 Å². The van der Waals surface area contributed by atoms with Crippen LogP contribution in [-0.4, -0.2) is 59.9 Å². The molecule has 6 heteroatoms. The van der Waals surface area contributed by atoms with Gasteiger partial charge in [0.2, 0.25) is 11.8 Å². The zero-order chi connectivity index (χ0) is 16.3. The van der Waals surface area contributed by atoms with Crippen molar-refractivity contribution in [3.63, 3.8) is 0 Å². The second kappa shape index (κ2) is 6.77. The fraction of sp³-hybridized carbons (Fsp3) is 0.562. The van der Waals surface area contributed by atoms with Gasteiger partial charge in [-0.1, -0.05) is 13.8 Å². The average Bonchev–Trinajstić information content (AvgIpc) is 2.94. The first kappa shape index (κ1) is 16.3. The molecular weight excluding hydrogens is 282 g/mol. The lowest BCUT2D eigenvalue weighted by Crippen LogP contribution is -2.34. The van der Waals surface area contributed by atoms with Crippen LogP contribution in [0.25, 0.3) is 0 Å². The quantitative estimate of drug-likeness (QED) is 0.844. The first-order valence-corrected chi connectivity index (χ1v) is 7.52. The van der Waals surface area contributed by atoms with Crippen molar-refractivity contribution >= 4 is 11.8 Å². The van der Waals surface area contributed by atoms with E-state index in [-0.39, 0.29) is 23.8 Å². The van der Waals surface area contributed by atoms with Crippen molar-refractivity contribution in [3.05, 3.63) is 23.9 Å². The van der Waals surface area contributed by atoms with Crippen molar-refractivity contribution in [2.45, 2.75) is 26.4 Å². The zero-order valence-corrected chi connectivity index (χ0v) is 13.6. The molecule has 0 aliphatic carbocycles. The predicted octanol–water partition coefficient (Wildman–Crippen LogP) is 1.42. The Morgan fingerprint density at radius 3 is 2.77 bits per heavy atom. The minimum absolute atomic E-state index is 0.0144. The van der Waals surface area contributed by atoms with Crippen LogP contribution in [0.1, 0.15) is 30.6 Å². The lowest BCUT2D eigenvalue weighted by atomic mass is 10.2. The highest BCUT2D eigenvalue weighted by Gasteiger charge is 2.30. The lowest BCUT2D eigenvalue weighted by Gasteiger charge is -2.20. The van der Waals surface area contributed by atoms with E-state index in [1.807, 2.05) is 18.7 Å². The largest absolute Gasteiger partial charge is 0.472 e. The van der Waals surface area contributed by atoms with E-state index in [2.05, 4.69) is 4.98 Å². The third-order valence-corrected chi connectivity index (χ3v) is 3.64. The molecule has 0 aromatic carbocycles. The molecule has 0 radical (unpaired) electrons. The number of rotatable bonds is 4. The van der Waals surface area contributed by atoms with Gasteiger partial charge in [-0.3, -0.25) is 9.59 Å². The summed E-state index contributed by atoms with van der Waals surface area (Å²) in [6.07, 6.45) is 2.24. The van der Waals surface area contributed by atoms with E-state index in [1.165, 1.54) is 4.90 Å². The fourth-order valence-electron chi connectivity index (χ4n) is 2.44. The molecule has 0 N–H and O–H groups in total. The van der Waals surface area contributed by atoms with Crippen LogP contribution in [-0.2, 0) is 4.79 Å². The van der Waals surface area contributed by atoms with E-state index >= 15 is 0 Å². The topological polar surface area (TPSA) is 62.7 Å². The Balaban J connectivity index is 2.07. The van der Waals surface area contributed by atoms with E-state index < -0.39 is 0 Å². The van der Waals surface area contributed by atoms with E-state index in [1.54, 1.807) is 32.4 Å². The Morgan fingerprint density at radius 1 is 1.41 bits per heavy atom. The molecule has 22 heavy (non-hydrogen) atoms. The number of likely N-dealkylation sites (tertiary alicyclic amines) is 1. The Labute approximate surface area is 131 Å².